The molecule has 0 saturated heterocycles. The highest BCUT2D eigenvalue weighted by Gasteiger charge is 2.50. The quantitative estimate of drug-likeness (QED) is 0.839. The van der Waals surface area contributed by atoms with Crippen molar-refractivity contribution < 1.29 is 4.79 Å². The van der Waals surface area contributed by atoms with Crippen LogP contribution in [0.2, 0.25) is 5.15 Å². The second-order valence-electron chi connectivity index (χ2n) is 4.46. The van der Waals surface area contributed by atoms with Crippen LogP contribution < -0.4 is 5.32 Å². The molecule has 1 atom stereocenters. The first-order chi connectivity index (χ1) is 6.99. The SMILES string of the molecule is CC1(C)CC1C(=O)Nc1cnc(Cl)cn1. The number of halogens is 1. The fourth-order valence-electron chi connectivity index (χ4n) is 1.50. The molecule has 0 aromatic carbocycles. The van der Waals surface area contributed by atoms with Gasteiger partial charge in [0.15, 0.2) is 5.82 Å². The smallest absolute Gasteiger partial charge is 0.229 e. The summed E-state index contributed by atoms with van der Waals surface area (Å²) in [6.45, 7) is 4.15. The minimum Gasteiger partial charge on any atom is -0.309 e. The lowest BCUT2D eigenvalue weighted by Gasteiger charge is -2.04. The van der Waals surface area contributed by atoms with Crippen LogP contribution in [0.1, 0.15) is 20.3 Å². The van der Waals surface area contributed by atoms with Gasteiger partial charge in [-0.25, -0.2) is 9.97 Å². The number of aromatic nitrogens is 2. The Labute approximate surface area is 93.1 Å². The van der Waals surface area contributed by atoms with Gasteiger partial charge in [0.05, 0.1) is 12.4 Å². The second kappa shape index (κ2) is 3.45. The van der Waals surface area contributed by atoms with Gasteiger partial charge in [0.1, 0.15) is 5.15 Å². The lowest BCUT2D eigenvalue weighted by Crippen LogP contribution is -2.17. The monoisotopic (exact) mass is 225 g/mol. The largest absolute Gasteiger partial charge is 0.309 e. The van der Waals surface area contributed by atoms with Crippen LogP contribution in [0.15, 0.2) is 12.4 Å². The molecular formula is C10H12ClN3O. The average Bonchev–Trinajstić information content (AvgIpc) is 2.79. The maximum absolute atomic E-state index is 11.7. The van der Waals surface area contributed by atoms with Crippen molar-refractivity contribution in [1.82, 2.24) is 9.97 Å². The van der Waals surface area contributed by atoms with Gasteiger partial charge in [-0.15, -0.1) is 0 Å². The number of carbonyl (C=O) groups is 1. The molecule has 1 unspecified atom stereocenters. The zero-order valence-electron chi connectivity index (χ0n) is 8.62. The number of rotatable bonds is 2. The average molecular weight is 226 g/mol. The summed E-state index contributed by atoms with van der Waals surface area (Å²) in [7, 11) is 0. The summed E-state index contributed by atoms with van der Waals surface area (Å²) < 4.78 is 0. The third-order valence-corrected chi connectivity index (χ3v) is 2.90. The molecule has 1 aromatic rings. The van der Waals surface area contributed by atoms with E-state index >= 15 is 0 Å². The molecule has 1 saturated carbocycles. The first-order valence-electron chi connectivity index (χ1n) is 4.77. The molecule has 0 aliphatic heterocycles. The van der Waals surface area contributed by atoms with Crippen molar-refractivity contribution >= 4 is 23.3 Å². The Kier molecular flexibility index (Phi) is 2.38. The first-order valence-corrected chi connectivity index (χ1v) is 5.15. The fraction of sp³-hybridized carbons (Fsp3) is 0.500. The molecule has 0 spiro atoms. The Morgan fingerprint density at radius 1 is 1.53 bits per heavy atom. The van der Waals surface area contributed by atoms with Crippen LogP contribution in [0, 0.1) is 11.3 Å². The molecule has 1 aliphatic rings. The van der Waals surface area contributed by atoms with Gasteiger partial charge in [-0.2, -0.15) is 0 Å². The van der Waals surface area contributed by atoms with Crippen LogP contribution in [0.5, 0.6) is 0 Å². The van der Waals surface area contributed by atoms with Crippen molar-refractivity contribution in [3.63, 3.8) is 0 Å². The van der Waals surface area contributed by atoms with Gasteiger partial charge in [-0.05, 0) is 11.8 Å². The molecule has 1 N–H and O–H groups in total. The Morgan fingerprint density at radius 3 is 2.67 bits per heavy atom. The predicted octanol–water partition coefficient (Wildman–Crippen LogP) is 2.11. The number of amides is 1. The summed E-state index contributed by atoms with van der Waals surface area (Å²) in [6, 6.07) is 0. The highest BCUT2D eigenvalue weighted by molar-refractivity contribution is 6.29. The van der Waals surface area contributed by atoms with E-state index in [1.54, 1.807) is 0 Å². The Hall–Kier alpha value is -1.16. The zero-order valence-corrected chi connectivity index (χ0v) is 9.38. The molecule has 1 fully saturated rings. The Balaban J connectivity index is 1.98. The third-order valence-electron chi connectivity index (χ3n) is 2.70. The van der Waals surface area contributed by atoms with Gasteiger partial charge in [-0.1, -0.05) is 25.4 Å². The topological polar surface area (TPSA) is 54.9 Å². The Bertz CT molecular complexity index is 388. The highest BCUT2D eigenvalue weighted by Crippen LogP contribution is 2.51. The predicted molar refractivity (Wildman–Crippen MR) is 57.6 cm³/mol. The second-order valence-corrected chi connectivity index (χ2v) is 4.85. The zero-order chi connectivity index (χ0) is 11.1. The van der Waals surface area contributed by atoms with E-state index in [1.165, 1.54) is 12.4 Å². The van der Waals surface area contributed by atoms with Gasteiger partial charge >= 0.3 is 0 Å². The number of nitrogens with zero attached hydrogens (tertiary/aromatic N) is 2. The fourth-order valence-corrected chi connectivity index (χ4v) is 1.60. The number of nitrogens with one attached hydrogen (secondary N) is 1. The summed E-state index contributed by atoms with van der Waals surface area (Å²) in [5.41, 5.74) is 0.129. The van der Waals surface area contributed by atoms with Crippen LogP contribution in [-0.4, -0.2) is 15.9 Å². The van der Waals surface area contributed by atoms with E-state index in [0.29, 0.717) is 11.0 Å². The molecule has 5 heteroatoms. The number of hydrogen-bond acceptors (Lipinski definition) is 3. The molecule has 0 radical (unpaired) electrons. The van der Waals surface area contributed by atoms with Crippen molar-refractivity contribution in [2.24, 2.45) is 11.3 Å². The summed E-state index contributed by atoms with van der Waals surface area (Å²) in [5.74, 6) is 0.554. The summed E-state index contributed by atoms with van der Waals surface area (Å²) >= 11 is 5.58. The van der Waals surface area contributed by atoms with Crippen LogP contribution >= 0.6 is 11.6 Å². The summed E-state index contributed by atoms with van der Waals surface area (Å²) in [5, 5.41) is 3.03. The molecule has 1 amide bonds. The van der Waals surface area contributed by atoms with Gasteiger partial charge in [0.25, 0.3) is 0 Å². The molecular weight excluding hydrogens is 214 g/mol. The van der Waals surface area contributed by atoms with E-state index < -0.39 is 0 Å². The summed E-state index contributed by atoms with van der Waals surface area (Å²) in [4.78, 5) is 19.4. The number of anilines is 1. The molecule has 1 aromatic heterocycles. The third kappa shape index (κ3) is 2.26. The molecule has 1 heterocycles. The van der Waals surface area contributed by atoms with Crippen LogP contribution in [0.25, 0.3) is 0 Å². The van der Waals surface area contributed by atoms with E-state index in [1.807, 2.05) is 0 Å². The van der Waals surface area contributed by atoms with E-state index in [4.69, 9.17) is 11.6 Å². The van der Waals surface area contributed by atoms with Crippen LogP contribution in [-0.2, 0) is 4.79 Å². The minimum absolute atomic E-state index is 0.0108. The summed E-state index contributed by atoms with van der Waals surface area (Å²) in [6.07, 6.45) is 3.80. The lowest BCUT2D eigenvalue weighted by atomic mass is 10.1. The number of hydrogen-bond donors (Lipinski definition) is 1. The molecule has 80 valence electrons. The normalized spacial score (nSPS) is 22.2. The van der Waals surface area contributed by atoms with Crippen molar-refractivity contribution in [3.8, 4) is 0 Å². The first kappa shape index (κ1) is 10.4. The number of carbonyl (C=O) groups excluding carboxylic acids is 1. The van der Waals surface area contributed by atoms with Gasteiger partial charge in [0.2, 0.25) is 5.91 Å². The van der Waals surface area contributed by atoms with Crippen molar-refractivity contribution in [3.05, 3.63) is 17.5 Å². The van der Waals surface area contributed by atoms with Crippen molar-refractivity contribution in [2.75, 3.05) is 5.32 Å². The maximum atomic E-state index is 11.7. The van der Waals surface area contributed by atoms with Gasteiger partial charge < -0.3 is 5.32 Å². The van der Waals surface area contributed by atoms with Crippen molar-refractivity contribution in [1.29, 1.82) is 0 Å². The molecule has 15 heavy (non-hydrogen) atoms. The van der Waals surface area contributed by atoms with E-state index in [9.17, 15) is 4.79 Å². The van der Waals surface area contributed by atoms with Crippen molar-refractivity contribution in [2.45, 2.75) is 20.3 Å². The standard InChI is InChI=1S/C10H12ClN3O/c1-10(2)3-6(10)9(15)14-8-5-12-7(11)4-13-8/h4-6H,3H2,1-2H3,(H,13,14,15). The van der Waals surface area contributed by atoms with Crippen LogP contribution in [0.4, 0.5) is 5.82 Å². The highest BCUT2D eigenvalue weighted by atomic mass is 35.5. The maximum Gasteiger partial charge on any atom is 0.229 e. The van der Waals surface area contributed by atoms with Gasteiger partial charge in [0, 0.05) is 5.92 Å². The lowest BCUT2D eigenvalue weighted by molar-refractivity contribution is -0.118. The van der Waals surface area contributed by atoms with E-state index in [0.717, 1.165) is 6.42 Å². The minimum atomic E-state index is 0.0108. The molecule has 1 aliphatic carbocycles. The van der Waals surface area contributed by atoms with E-state index in [2.05, 4.69) is 29.1 Å². The van der Waals surface area contributed by atoms with Crippen LogP contribution in [0.3, 0.4) is 0 Å². The van der Waals surface area contributed by atoms with E-state index in [-0.39, 0.29) is 17.2 Å². The molecule has 0 bridgehead atoms. The Morgan fingerprint density at radius 2 is 2.20 bits per heavy atom. The van der Waals surface area contributed by atoms with Gasteiger partial charge in [-0.3, -0.25) is 4.79 Å². The molecule has 4 nitrogen and oxygen atoms in total. The molecule has 2 rings (SSSR count).